The number of phenols is 1. The number of rotatable bonds is 6. The van der Waals surface area contributed by atoms with Crippen LogP contribution in [0.3, 0.4) is 0 Å². The molecule has 5 nitrogen and oxygen atoms in total. The van der Waals surface area contributed by atoms with Crippen molar-refractivity contribution in [2.75, 3.05) is 5.32 Å². The lowest BCUT2D eigenvalue weighted by Gasteiger charge is -2.15. The van der Waals surface area contributed by atoms with Gasteiger partial charge in [0.1, 0.15) is 5.75 Å². The maximum atomic E-state index is 13.0. The number of halogens is 3. The number of aromatic nitrogens is 2. The van der Waals surface area contributed by atoms with Crippen molar-refractivity contribution in [3.8, 4) is 5.75 Å². The lowest BCUT2D eigenvalue weighted by Crippen LogP contribution is -2.17. The van der Waals surface area contributed by atoms with Crippen LogP contribution in [0.15, 0.2) is 18.2 Å². The molecule has 2 N–H and O–H groups in total. The first-order valence-corrected chi connectivity index (χ1v) is 9.34. The summed E-state index contributed by atoms with van der Waals surface area (Å²) < 4.78 is 40.2. The fraction of sp³-hybridized carbons (Fsp3) is 0.500. The Morgan fingerprint density at radius 3 is 2.57 bits per heavy atom. The Hall–Kier alpha value is -2.51. The lowest BCUT2D eigenvalue weighted by atomic mass is 9.99. The Labute approximate surface area is 161 Å². The van der Waals surface area contributed by atoms with Crippen LogP contribution in [0.5, 0.6) is 5.75 Å². The van der Waals surface area contributed by atoms with Gasteiger partial charge in [0.15, 0.2) is 5.69 Å². The fourth-order valence-corrected chi connectivity index (χ4v) is 3.18. The van der Waals surface area contributed by atoms with Crippen molar-refractivity contribution in [1.82, 2.24) is 9.78 Å². The van der Waals surface area contributed by atoms with Crippen LogP contribution < -0.4 is 5.32 Å². The molecule has 1 aromatic heterocycles. The summed E-state index contributed by atoms with van der Waals surface area (Å²) in [5.74, 6) is 0.0481. The molecule has 1 fully saturated rings. The minimum Gasteiger partial charge on any atom is -0.508 e. The Morgan fingerprint density at radius 2 is 2.00 bits per heavy atom. The normalized spacial score (nSPS) is 14.5. The summed E-state index contributed by atoms with van der Waals surface area (Å²) in [5.41, 5.74) is 1.66. The molecule has 1 saturated carbocycles. The highest BCUT2D eigenvalue weighted by atomic mass is 19.4. The minimum absolute atomic E-state index is 0.00995. The van der Waals surface area contributed by atoms with Crippen molar-refractivity contribution in [1.29, 1.82) is 0 Å². The van der Waals surface area contributed by atoms with Gasteiger partial charge >= 0.3 is 6.18 Å². The quantitative estimate of drug-likeness (QED) is 0.681. The van der Waals surface area contributed by atoms with Crippen LogP contribution in [0.1, 0.15) is 67.5 Å². The number of phenolic OH excluding ortho intramolecular Hbond substituents is 1. The van der Waals surface area contributed by atoms with E-state index < -0.39 is 11.9 Å². The molecule has 0 atom stereocenters. The van der Waals surface area contributed by atoms with Gasteiger partial charge in [0.2, 0.25) is 5.91 Å². The van der Waals surface area contributed by atoms with Gasteiger partial charge < -0.3 is 10.4 Å². The van der Waals surface area contributed by atoms with E-state index in [1.54, 1.807) is 19.1 Å². The number of nitrogens with zero attached hydrogens (tertiary/aromatic N) is 2. The molecule has 2 aromatic rings. The number of amides is 1. The summed E-state index contributed by atoms with van der Waals surface area (Å²) in [4.78, 5) is 12.4. The average Bonchev–Trinajstić information content (AvgIpc) is 3.33. The molecular formula is C20H24F3N3O2. The predicted molar refractivity (Wildman–Crippen MR) is 99.4 cm³/mol. The smallest absolute Gasteiger partial charge is 0.435 e. The Kier molecular flexibility index (Phi) is 5.41. The molecular weight excluding hydrogens is 371 g/mol. The number of carbonyl (C=O) groups is 1. The largest absolute Gasteiger partial charge is 0.508 e. The second kappa shape index (κ2) is 7.48. The zero-order valence-electron chi connectivity index (χ0n) is 16.1. The van der Waals surface area contributed by atoms with Crippen molar-refractivity contribution in [2.45, 2.75) is 64.6 Å². The SMILES string of the molecule is Cc1cc(O)c(C(C)C)cc1NC(=O)CCn1nc(C(F)(F)F)cc1C1CC1. The topological polar surface area (TPSA) is 67.2 Å². The van der Waals surface area contributed by atoms with E-state index in [9.17, 15) is 23.1 Å². The second-order valence-corrected chi connectivity index (χ2v) is 7.63. The van der Waals surface area contributed by atoms with Crippen molar-refractivity contribution < 1.29 is 23.1 Å². The predicted octanol–water partition coefficient (Wildman–Crippen LogP) is 4.95. The third-order valence-electron chi connectivity index (χ3n) is 4.92. The number of benzene rings is 1. The van der Waals surface area contributed by atoms with Crippen molar-refractivity contribution in [2.24, 2.45) is 0 Å². The van der Waals surface area contributed by atoms with E-state index in [2.05, 4.69) is 10.4 Å². The molecule has 0 unspecified atom stereocenters. The highest BCUT2D eigenvalue weighted by molar-refractivity contribution is 5.91. The van der Waals surface area contributed by atoms with Gasteiger partial charge in [-0.3, -0.25) is 9.48 Å². The summed E-state index contributed by atoms with van der Waals surface area (Å²) in [6, 6.07) is 4.42. The molecule has 1 aliphatic rings. The maximum absolute atomic E-state index is 13.0. The summed E-state index contributed by atoms with van der Waals surface area (Å²) in [7, 11) is 0. The molecule has 1 aromatic carbocycles. The standard InChI is InChI=1S/C20H24F3N3O2/c1-11(2)14-9-15(12(3)8-17(14)27)24-19(28)6-7-26-16(13-4-5-13)10-18(25-26)20(21,22)23/h8-11,13,27H,4-7H2,1-3H3,(H,24,28). The first-order chi connectivity index (χ1) is 13.1. The van der Waals surface area contributed by atoms with Gasteiger partial charge in [-0.2, -0.15) is 18.3 Å². The van der Waals surface area contributed by atoms with Crippen LogP contribution >= 0.6 is 0 Å². The van der Waals surface area contributed by atoms with E-state index in [1.807, 2.05) is 13.8 Å². The third kappa shape index (κ3) is 4.48. The van der Waals surface area contributed by atoms with Gasteiger partial charge in [-0.15, -0.1) is 0 Å². The molecule has 3 rings (SSSR count). The van der Waals surface area contributed by atoms with Crippen molar-refractivity contribution >= 4 is 11.6 Å². The van der Waals surface area contributed by atoms with Gasteiger partial charge in [0.05, 0.1) is 0 Å². The molecule has 1 heterocycles. The first kappa shape index (κ1) is 20.2. The molecule has 28 heavy (non-hydrogen) atoms. The summed E-state index contributed by atoms with van der Waals surface area (Å²) in [5, 5.41) is 16.5. The number of hydrogen-bond donors (Lipinski definition) is 2. The Balaban J connectivity index is 1.70. The number of aryl methyl sites for hydroxylation is 2. The van der Waals surface area contributed by atoms with E-state index >= 15 is 0 Å². The molecule has 152 valence electrons. The maximum Gasteiger partial charge on any atom is 0.435 e. The molecule has 1 aliphatic carbocycles. The highest BCUT2D eigenvalue weighted by Crippen LogP contribution is 2.42. The second-order valence-electron chi connectivity index (χ2n) is 7.63. The van der Waals surface area contributed by atoms with Crippen LogP contribution in [0.25, 0.3) is 0 Å². The Bertz CT molecular complexity index is 884. The van der Waals surface area contributed by atoms with Gasteiger partial charge in [-0.05, 0) is 55.0 Å². The molecule has 8 heteroatoms. The van der Waals surface area contributed by atoms with E-state index in [-0.39, 0.29) is 36.5 Å². The summed E-state index contributed by atoms with van der Waals surface area (Å²) in [6.07, 6.45) is -2.79. The molecule has 0 saturated heterocycles. The van der Waals surface area contributed by atoms with E-state index in [0.717, 1.165) is 24.5 Å². The number of alkyl halides is 3. The Morgan fingerprint density at radius 1 is 1.32 bits per heavy atom. The zero-order chi connectivity index (χ0) is 20.6. The van der Waals surface area contributed by atoms with E-state index in [4.69, 9.17) is 0 Å². The van der Waals surface area contributed by atoms with Crippen molar-refractivity contribution in [3.05, 3.63) is 40.7 Å². The molecule has 0 aliphatic heterocycles. The molecule has 0 spiro atoms. The molecule has 1 amide bonds. The monoisotopic (exact) mass is 395 g/mol. The first-order valence-electron chi connectivity index (χ1n) is 9.34. The van der Waals surface area contributed by atoms with Crippen molar-refractivity contribution in [3.63, 3.8) is 0 Å². The number of carbonyl (C=O) groups excluding carboxylic acids is 1. The number of hydrogen-bond acceptors (Lipinski definition) is 3. The van der Waals surface area contributed by atoms with Gasteiger partial charge in [0, 0.05) is 30.3 Å². The minimum atomic E-state index is -4.49. The highest BCUT2D eigenvalue weighted by Gasteiger charge is 2.37. The van der Waals surface area contributed by atoms with E-state index in [0.29, 0.717) is 16.9 Å². The molecule has 0 bridgehead atoms. The van der Waals surface area contributed by atoms with Gasteiger partial charge in [-0.25, -0.2) is 0 Å². The van der Waals surface area contributed by atoms with Gasteiger partial charge in [-0.1, -0.05) is 13.8 Å². The van der Waals surface area contributed by atoms with Crippen LogP contribution in [-0.4, -0.2) is 20.8 Å². The van der Waals surface area contributed by atoms with Crippen LogP contribution in [0, 0.1) is 6.92 Å². The van der Waals surface area contributed by atoms with Crippen LogP contribution in [-0.2, 0) is 17.5 Å². The summed E-state index contributed by atoms with van der Waals surface area (Å²) in [6.45, 7) is 5.73. The van der Waals surface area contributed by atoms with Crippen LogP contribution in [0.2, 0.25) is 0 Å². The number of anilines is 1. The molecule has 0 radical (unpaired) electrons. The number of aromatic hydroxyl groups is 1. The average molecular weight is 395 g/mol. The zero-order valence-corrected chi connectivity index (χ0v) is 16.1. The lowest BCUT2D eigenvalue weighted by molar-refractivity contribution is -0.141. The van der Waals surface area contributed by atoms with E-state index in [1.165, 1.54) is 4.68 Å². The fourth-order valence-electron chi connectivity index (χ4n) is 3.18. The number of nitrogens with one attached hydrogen (secondary N) is 1. The third-order valence-corrected chi connectivity index (χ3v) is 4.92. The summed E-state index contributed by atoms with van der Waals surface area (Å²) >= 11 is 0. The van der Waals surface area contributed by atoms with Gasteiger partial charge in [0.25, 0.3) is 0 Å². The van der Waals surface area contributed by atoms with Crippen LogP contribution in [0.4, 0.5) is 18.9 Å².